The highest BCUT2D eigenvalue weighted by atomic mass is 16.5. The molecule has 1 unspecified atom stereocenters. The number of rotatable bonds is 7. The lowest BCUT2D eigenvalue weighted by Crippen LogP contribution is -2.34. The van der Waals surface area contributed by atoms with Gasteiger partial charge in [-0.15, -0.1) is 0 Å². The fourth-order valence-corrected chi connectivity index (χ4v) is 3.35. The van der Waals surface area contributed by atoms with Crippen molar-refractivity contribution < 1.29 is 24.2 Å². The van der Waals surface area contributed by atoms with Gasteiger partial charge in [0.05, 0.1) is 5.92 Å². The van der Waals surface area contributed by atoms with E-state index in [0.29, 0.717) is 18.0 Å². The molecule has 7 heteroatoms. The number of carboxylic acid groups (broad SMARTS) is 1. The van der Waals surface area contributed by atoms with Crippen LogP contribution < -0.4 is 14.5 Å². The van der Waals surface area contributed by atoms with Crippen molar-refractivity contribution in [2.45, 2.75) is 19.8 Å². The molecule has 1 heterocycles. The molecule has 3 rings (SSSR count). The second kappa shape index (κ2) is 8.77. The molecule has 1 aliphatic heterocycles. The van der Waals surface area contributed by atoms with Gasteiger partial charge in [0.2, 0.25) is 11.8 Å². The minimum atomic E-state index is -1.05. The van der Waals surface area contributed by atoms with Crippen LogP contribution in [0.3, 0.4) is 0 Å². The molecule has 1 N–H and O–H groups in total. The summed E-state index contributed by atoms with van der Waals surface area (Å²) in [6, 6.07) is 14.4. The number of benzene rings is 2. The van der Waals surface area contributed by atoms with Crippen LogP contribution >= 0.6 is 0 Å². The Bertz CT molecular complexity index is 892. The Morgan fingerprint density at radius 2 is 1.79 bits per heavy atom. The summed E-state index contributed by atoms with van der Waals surface area (Å²) < 4.78 is 5.10. The third-order valence-corrected chi connectivity index (χ3v) is 5.05. The van der Waals surface area contributed by atoms with Crippen molar-refractivity contribution in [2.75, 3.05) is 30.0 Å². The standard InChI is InChI=1S/C22H24N2O5/c1-3-15-4-6-18(7-5-15)24-13-16(12-20(24)25)22(28)23(2)17-8-10-19(11-9-17)29-14-21(26)27/h4-11,16H,3,12-14H2,1-2H3,(H,26,27). The first-order valence-electron chi connectivity index (χ1n) is 9.50. The summed E-state index contributed by atoms with van der Waals surface area (Å²) >= 11 is 0. The quantitative estimate of drug-likeness (QED) is 0.778. The molecule has 1 aliphatic rings. The van der Waals surface area contributed by atoms with E-state index in [1.54, 1.807) is 36.2 Å². The van der Waals surface area contributed by atoms with Crippen molar-refractivity contribution in [1.82, 2.24) is 0 Å². The largest absolute Gasteiger partial charge is 0.482 e. The second-order valence-corrected chi connectivity index (χ2v) is 7.00. The summed E-state index contributed by atoms with van der Waals surface area (Å²) in [7, 11) is 1.67. The number of hydrogen-bond donors (Lipinski definition) is 1. The predicted octanol–water partition coefficient (Wildman–Crippen LogP) is 2.73. The number of carboxylic acids is 1. The topological polar surface area (TPSA) is 87.2 Å². The molecule has 7 nitrogen and oxygen atoms in total. The smallest absolute Gasteiger partial charge is 0.341 e. The van der Waals surface area contributed by atoms with E-state index in [2.05, 4.69) is 6.92 Å². The first kappa shape index (κ1) is 20.4. The fraction of sp³-hybridized carbons (Fsp3) is 0.318. The number of carbonyl (C=O) groups excluding carboxylic acids is 2. The van der Waals surface area contributed by atoms with Gasteiger partial charge in [0, 0.05) is 31.4 Å². The molecule has 0 bridgehead atoms. The monoisotopic (exact) mass is 396 g/mol. The second-order valence-electron chi connectivity index (χ2n) is 7.00. The molecule has 0 aromatic heterocycles. The SMILES string of the molecule is CCc1ccc(N2CC(C(=O)N(C)c3ccc(OCC(=O)O)cc3)CC2=O)cc1. The highest BCUT2D eigenvalue weighted by molar-refractivity contribution is 6.04. The molecule has 2 aromatic rings. The van der Waals surface area contributed by atoms with E-state index in [9.17, 15) is 14.4 Å². The van der Waals surface area contributed by atoms with Crippen molar-refractivity contribution in [3.8, 4) is 5.75 Å². The minimum Gasteiger partial charge on any atom is -0.482 e. The molecule has 2 amide bonds. The van der Waals surface area contributed by atoms with E-state index < -0.39 is 18.5 Å². The van der Waals surface area contributed by atoms with Crippen LogP contribution in [-0.4, -0.2) is 43.1 Å². The van der Waals surface area contributed by atoms with Gasteiger partial charge in [-0.2, -0.15) is 0 Å². The lowest BCUT2D eigenvalue weighted by Gasteiger charge is -2.22. The Hall–Kier alpha value is -3.35. The fourth-order valence-electron chi connectivity index (χ4n) is 3.35. The van der Waals surface area contributed by atoms with Gasteiger partial charge in [0.1, 0.15) is 5.75 Å². The molecule has 0 spiro atoms. The van der Waals surface area contributed by atoms with Crippen LogP contribution in [0, 0.1) is 5.92 Å². The zero-order chi connectivity index (χ0) is 21.0. The maximum Gasteiger partial charge on any atom is 0.341 e. The molecule has 0 aliphatic carbocycles. The van der Waals surface area contributed by atoms with Gasteiger partial charge in [0.15, 0.2) is 6.61 Å². The normalized spacial score (nSPS) is 16.0. The predicted molar refractivity (Wildman–Crippen MR) is 109 cm³/mol. The first-order valence-corrected chi connectivity index (χ1v) is 9.50. The molecule has 29 heavy (non-hydrogen) atoms. The number of carbonyl (C=O) groups is 3. The Morgan fingerprint density at radius 1 is 1.14 bits per heavy atom. The highest BCUT2D eigenvalue weighted by Crippen LogP contribution is 2.28. The number of ether oxygens (including phenoxy) is 1. The Balaban J connectivity index is 1.65. The van der Waals surface area contributed by atoms with E-state index in [-0.39, 0.29) is 18.2 Å². The summed E-state index contributed by atoms with van der Waals surface area (Å²) in [5.41, 5.74) is 2.66. The lowest BCUT2D eigenvalue weighted by atomic mass is 10.1. The third kappa shape index (κ3) is 4.74. The average molecular weight is 396 g/mol. The van der Waals surface area contributed by atoms with Gasteiger partial charge < -0.3 is 19.6 Å². The zero-order valence-corrected chi connectivity index (χ0v) is 16.5. The van der Waals surface area contributed by atoms with E-state index in [1.807, 2.05) is 24.3 Å². The molecule has 0 saturated carbocycles. The maximum absolute atomic E-state index is 12.9. The third-order valence-electron chi connectivity index (χ3n) is 5.05. The number of nitrogens with zero attached hydrogens (tertiary/aromatic N) is 2. The molecule has 152 valence electrons. The van der Waals surface area contributed by atoms with Crippen molar-refractivity contribution in [3.63, 3.8) is 0 Å². The van der Waals surface area contributed by atoms with E-state index in [1.165, 1.54) is 10.5 Å². The van der Waals surface area contributed by atoms with Gasteiger partial charge in [-0.05, 0) is 48.4 Å². The molecule has 2 aromatic carbocycles. The van der Waals surface area contributed by atoms with Gasteiger partial charge >= 0.3 is 5.97 Å². The number of aliphatic carboxylic acids is 1. The molecular weight excluding hydrogens is 372 g/mol. The molecular formula is C22H24N2O5. The van der Waals surface area contributed by atoms with Crippen LogP contribution in [0.25, 0.3) is 0 Å². The van der Waals surface area contributed by atoms with Crippen molar-refractivity contribution in [2.24, 2.45) is 5.92 Å². The van der Waals surface area contributed by atoms with Crippen molar-refractivity contribution in [3.05, 3.63) is 54.1 Å². The van der Waals surface area contributed by atoms with E-state index in [4.69, 9.17) is 9.84 Å². The van der Waals surface area contributed by atoms with Gasteiger partial charge in [-0.25, -0.2) is 4.79 Å². The molecule has 1 atom stereocenters. The van der Waals surface area contributed by atoms with E-state index in [0.717, 1.165) is 12.1 Å². The van der Waals surface area contributed by atoms with Crippen LogP contribution in [0.4, 0.5) is 11.4 Å². The van der Waals surface area contributed by atoms with Crippen LogP contribution in [0.5, 0.6) is 5.75 Å². The van der Waals surface area contributed by atoms with E-state index >= 15 is 0 Å². The highest BCUT2D eigenvalue weighted by Gasteiger charge is 2.36. The van der Waals surface area contributed by atoms with Crippen molar-refractivity contribution >= 4 is 29.2 Å². The van der Waals surface area contributed by atoms with Crippen LogP contribution in [0.2, 0.25) is 0 Å². The summed E-state index contributed by atoms with van der Waals surface area (Å²) in [4.78, 5) is 39.1. The van der Waals surface area contributed by atoms with Crippen molar-refractivity contribution in [1.29, 1.82) is 0 Å². The van der Waals surface area contributed by atoms with Crippen LogP contribution in [0.1, 0.15) is 18.9 Å². The summed E-state index contributed by atoms with van der Waals surface area (Å²) in [5, 5.41) is 8.65. The average Bonchev–Trinajstić information content (AvgIpc) is 3.13. The summed E-state index contributed by atoms with van der Waals surface area (Å²) in [6.45, 7) is 2.01. The minimum absolute atomic E-state index is 0.0570. The maximum atomic E-state index is 12.9. The number of aryl methyl sites for hydroxylation is 1. The Labute approximate surface area is 169 Å². The first-order chi connectivity index (χ1) is 13.9. The van der Waals surface area contributed by atoms with Gasteiger partial charge in [0.25, 0.3) is 0 Å². The summed E-state index contributed by atoms with van der Waals surface area (Å²) in [6.07, 6.45) is 1.11. The lowest BCUT2D eigenvalue weighted by molar-refractivity contribution is -0.139. The Morgan fingerprint density at radius 3 is 2.38 bits per heavy atom. The molecule has 1 saturated heterocycles. The number of hydrogen-bond acceptors (Lipinski definition) is 4. The summed E-state index contributed by atoms with van der Waals surface area (Å²) in [5.74, 6) is -1.25. The molecule has 0 radical (unpaired) electrons. The Kier molecular flexibility index (Phi) is 6.16. The zero-order valence-electron chi connectivity index (χ0n) is 16.5. The van der Waals surface area contributed by atoms with Crippen LogP contribution in [0.15, 0.2) is 48.5 Å². The van der Waals surface area contributed by atoms with Gasteiger partial charge in [-0.1, -0.05) is 19.1 Å². The number of anilines is 2. The van der Waals surface area contributed by atoms with Crippen LogP contribution in [-0.2, 0) is 20.8 Å². The molecule has 1 fully saturated rings. The number of amides is 2. The van der Waals surface area contributed by atoms with Gasteiger partial charge in [-0.3, -0.25) is 9.59 Å².